The van der Waals surface area contributed by atoms with Crippen molar-refractivity contribution in [1.82, 2.24) is 19.9 Å². The lowest BCUT2D eigenvalue weighted by atomic mass is 9.84. The summed E-state index contributed by atoms with van der Waals surface area (Å²) < 4.78 is 6.06. The lowest BCUT2D eigenvalue weighted by Crippen LogP contribution is -2.45. The van der Waals surface area contributed by atoms with Gasteiger partial charge in [0.15, 0.2) is 11.6 Å². The van der Waals surface area contributed by atoms with E-state index in [2.05, 4.69) is 24.8 Å². The van der Waals surface area contributed by atoms with Crippen LogP contribution in [-0.4, -0.2) is 49.5 Å². The second kappa shape index (κ2) is 8.87. The number of fused-ring (bicyclic) bond motifs is 1. The summed E-state index contributed by atoms with van der Waals surface area (Å²) in [6.45, 7) is 5.21. The smallest absolute Gasteiger partial charge is 0.263 e. The molecule has 0 radical (unpaired) electrons. The fourth-order valence-corrected chi connectivity index (χ4v) is 4.34. The van der Waals surface area contributed by atoms with E-state index in [-0.39, 0.29) is 11.7 Å². The molecule has 1 aliphatic heterocycles. The van der Waals surface area contributed by atoms with Crippen LogP contribution < -0.4 is 9.64 Å². The Morgan fingerprint density at radius 3 is 2.65 bits per heavy atom. The van der Waals surface area contributed by atoms with E-state index in [0.717, 1.165) is 30.4 Å². The Morgan fingerprint density at radius 1 is 1.12 bits per heavy atom. The first-order valence-electron chi connectivity index (χ1n) is 11.4. The van der Waals surface area contributed by atoms with Crippen LogP contribution in [0, 0.1) is 5.92 Å². The number of benzene rings is 2. The number of ketones is 1. The number of nitrogens with one attached hydrogen (secondary N) is 1. The van der Waals surface area contributed by atoms with E-state index in [1.54, 1.807) is 36.7 Å². The van der Waals surface area contributed by atoms with E-state index in [1.807, 2.05) is 38.1 Å². The van der Waals surface area contributed by atoms with Crippen molar-refractivity contribution >= 4 is 22.6 Å². The molecule has 1 unspecified atom stereocenters. The number of aliphatic hydroxyl groups is 1. The van der Waals surface area contributed by atoms with Crippen molar-refractivity contribution in [1.29, 1.82) is 0 Å². The standard InChI is InChI=1S/C26H27N5O3/c1-26(2,33)18-6-5-15-31(16-18)24-25(28-14-13-27-24)34-19-11-9-17(10-12-19)22(32)23-29-20-7-3-4-8-21(20)30-23/h3-4,7-14,18,33H,5-6,15-16H2,1-2H3,(H,29,30). The Hall–Kier alpha value is -3.78. The van der Waals surface area contributed by atoms with Gasteiger partial charge in [0, 0.05) is 37.0 Å². The molecule has 5 rings (SSSR count). The normalized spacial score (nSPS) is 16.6. The number of piperidine rings is 1. The predicted molar refractivity (Wildman–Crippen MR) is 129 cm³/mol. The SMILES string of the molecule is CC(C)(O)C1CCCN(c2nccnc2Oc2ccc(C(=O)c3nc4ccccc4[nH]3)cc2)C1. The molecule has 1 fully saturated rings. The van der Waals surface area contributed by atoms with Gasteiger partial charge < -0.3 is 19.7 Å². The van der Waals surface area contributed by atoms with Crippen LogP contribution in [0.3, 0.4) is 0 Å². The first kappa shape index (κ1) is 22.0. The third kappa shape index (κ3) is 4.49. The van der Waals surface area contributed by atoms with Gasteiger partial charge in [0.25, 0.3) is 5.88 Å². The van der Waals surface area contributed by atoms with Gasteiger partial charge in [-0.15, -0.1) is 0 Å². The summed E-state index contributed by atoms with van der Waals surface area (Å²) in [7, 11) is 0. The third-order valence-electron chi connectivity index (χ3n) is 6.30. The summed E-state index contributed by atoms with van der Waals surface area (Å²) in [5.41, 5.74) is 1.33. The molecule has 0 spiro atoms. The van der Waals surface area contributed by atoms with Gasteiger partial charge in [-0.05, 0) is 63.1 Å². The third-order valence-corrected chi connectivity index (χ3v) is 6.30. The number of H-pyrrole nitrogens is 1. The van der Waals surface area contributed by atoms with E-state index >= 15 is 0 Å². The molecule has 0 bridgehead atoms. The predicted octanol–water partition coefficient (Wildman–Crippen LogP) is 4.36. The van der Waals surface area contributed by atoms with Crippen LogP contribution in [0.2, 0.25) is 0 Å². The lowest BCUT2D eigenvalue weighted by molar-refractivity contribution is 0.0109. The number of aromatic amines is 1. The monoisotopic (exact) mass is 457 g/mol. The number of para-hydroxylation sites is 2. The number of carbonyl (C=O) groups is 1. The number of hydrogen-bond acceptors (Lipinski definition) is 7. The van der Waals surface area contributed by atoms with Gasteiger partial charge >= 0.3 is 0 Å². The molecule has 1 aliphatic rings. The Morgan fingerprint density at radius 2 is 1.88 bits per heavy atom. The van der Waals surface area contributed by atoms with Crippen molar-refractivity contribution in [3.63, 3.8) is 0 Å². The van der Waals surface area contributed by atoms with Crippen LogP contribution in [0.1, 0.15) is 42.9 Å². The van der Waals surface area contributed by atoms with Gasteiger partial charge in [-0.25, -0.2) is 15.0 Å². The summed E-state index contributed by atoms with van der Waals surface area (Å²) in [4.78, 5) is 31.4. The first-order valence-corrected chi connectivity index (χ1v) is 11.4. The average molecular weight is 458 g/mol. The Labute approximate surface area is 197 Å². The molecule has 174 valence electrons. The van der Waals surface area contributed by atoms with Crippen LogP contribution in [0.5, 0.6) is 11.6 Å². The number of aromatic nitrogens is 4. The molecular formula is C26H27N5O3. The Kier molecular flexibility index (Phi) is 5.75. The van der Waals surface area contributed by atoms with E-state index in [0.29, 0.717) is 35.4 Å². The van der Waals surface area contributed by atoms with Gasteiger partial charge in [0.05, 0.1) is 16.6 Å². The minimum atomic E-state index is -0.760. The van der Waals surface area contributed by atoms with Gasteiger partial charge in [0.1, 0.15) is 5.75 Å². The van der Waals surface area contributed by atoms with Crippen molar-refractivity contribution in [2.24, 2.45) is 5.92 Å². The van der Waals surface area contributed by atoms with E-state index < -0.39 is 5.60 Å². The quantitative estimate of drug-likeness (QED) is 0.415. The molecule has 2 aromatic heterocycles. The summed E-state index contributed by atoms with van der Waals surface area (Å²) in [6, 6.07) is 14.5. The lowest BCUT2D eigenvalue weighted by Gasteiger charge is -2.39. The molecule has 2 N–H and O–H groups in total. The number of imidazole rings is 1. The van der Waals surface area contributed by atoms with E-state index in [1.165, 1.54) is 0 Å². The van der Waals surface area contributed by atoms with Crippen molar-refractivity contribution < 1.29 is 14.6 Å². The molecule has 3 heterocycles. The molecule has 0 amide bonds. The molecule has 4 aromatic rings. The number of anilines is 1. The highest BCUT2D eigenvalue weighted by Crippen LogP contribution is 2.34. The fraction of sp³-hybridized carbons (Fsp3) is 0.308. The molecule has 2 aromatic carbocycles. The summed E-state index contributed by atoms with van der Waals surface area (Å²) in [6.07, 6.45) is 5.17. The van der Waals surface area contributed by atoms with Crippen LogP contribution in [-0.2, 0) is 0 Å². The van der Waals surface area contributed by atoms with Crippen LogP contribution in [0.4, 0.5) is 5.82 Å². The first-order chi connectivity index (χ1) is 16.4. The second-order valence-corrected chi connectivity index (χ2v) is 9.18. The van der Waals surface area contributed by atoms with E-state index in [4.69, 9.17) is 4.74 Å². The number of hydrogen-bond donors (Lipinski definition) is 2. The number of carbonyl (C=O) groups excluding carboxylic acids is 1. The second-order valence-electron chi connectivity index (χ2n) is 9.18. The summed E-state index contributed by atoms with van der Waals surface area (Å²) in [5.74, 6) is 1.86. The van der Waals surface area contributed by atoms with Crippen LogP contribution in [0.25, 0.3) is 11.0 Å². The Bertz CT molecular complexity index is 1280. The van der Waals surface area contributed by atoms with Crippen molar-refractivity contribution in [2.75, 3.05) is 18.0 Å². The van der Waals surface area contributed by atoms with Gasteiger partial charge in [-0.1, -0.05) is 12.1 Å². The largest absolute Gasteiger partial charge is 0.436 e. The molecule has 8 nitrogen and oxygen atoms in total. The zero-order valence-corrected chi connectivity index (χ0v) is 19.2. The highest BCUT2D eigenvalue weighted by Gasteiger charge is 2.33. The van der Waals surface area contributed by atoms with Crippen LogP contribution >= 0.6 is 0 Å². The minimum absolute atomic E-state index is 0.139. The molecule has 1 saturated heterocycles. The zero-order valence-electron chi connectivity index (χ0n) is 19.2. The maximum atomic E-state index is 12.9. The minimum Gasteiger partial charge on any atom is -0.436 e. The van der Waals surface area contributed by atoms with Crippen molar-refractivity contribution in [3.05, 3.63) is 72.3 Å². The Balaban J connectivity index is 1.33. The maximum Gasteiger partial charge on any atom is 0.263 e. The fourth-order valence-electron chi connectivity index (χ4n) is 4.34. The van der Waals surface area contributed by atoms with Gasteiger partial charge in [-0.3, -0.25) is 4.79 Å². The van der Waals surface area contributed by atoms with E-state index in [9.17, 15) is 9.90 Å². The molecular weight excluding hydrogens is 430 g/mol. The molecule has 1 atom stereocenters. The highest BCUT2D eigenvalue weighted by atomic mass is 16.5. The average Bonchev–Trinajstić information content (AvgIpc) is 3.28. The molecule has 34 heavy (non-hydrogen) atoms. The van der Waals surface area contributed by atoms with Gasteiger partial charge in [0.2, 0.25) is 5.78 Å². The highest BCUT2D eigenvalue weighted by molar-refractivity contribution is 6.08. The topological polar surface area (TPSA) is 104 Å². The van der Waals surface area contributed by atoms with Crippen LogP contribution in [0.15, 0.2) is 60.9 Å². The summed E-state index contributed by atoms with van der Waals surface area (Å²) in [5, 5.41) is 10.5. The summed E-state index contributed by atoms with van der Waals surface area (Å²) >= 11 is 0. The van der Waals surface area contributed by atoms with Crippen molar-refractivity contribution in [2.45, 2.75) is 32.3 Å². The number of ether oxygens (including phenoxy) is 1. The molecule has 0 aliphatic carbocycles. The van der Waals surface area contributed by atoms with Crippen molar-refractivity contribution in [3.8, 4) is 11.6 Å². The molecule has 8 heteroatoms. The maximum absolute atomic E-state index is 12.9. The number of nitrogens with zero attached hydrogens (tertiary/aromatic N) is 4. The molecule has 0 saturated carbocycles. The van der Waals surface area contributed by atoms with Gasteiger partial charge in [-0.2, -0.15) is 0 Å². The number of rotatable bonds is 6. The zero-order chi connectivity index (χ0) is 23.7.